The fourth-order valence-corrected chi connectivity index (χ4v) is 5.21. The number of rotatable bonds is 7. The molecule has 2 aromatic carbocycles. The zero-order chi connectivity index (χ0) is 24.3. The number of hydrogen-bond acceptors (Lipinski definition) is 4. The van der Waals surface area contributed by atoms with Gasteiger partial charge in [0.15, 0.2) is 0 Å². The van der Waals surface area contributed by atoms with Crippen LogP contribution in [-0.2, 0) is 14.3 Å². The molecular weight excluding hydrogens is 432 g/mol. The van der Waals surface area contributed by atoms with Gasteiger partial charge in [-0.05, 0) is 48.9 Å². The minimum absolute atomic E-state index is 0.0730. The molecule has 0 radical (unpaired) electrons. The Morgan fingerprint density at radius 2 is 1.53 bits per heavy atom. The highest BCUT2D eigenvalue weighted by molar-refractivity contribution is 5.90. The van der Waals surface area contributed by atoms with Gasteiger partial charge in [-0.2, -0.15) is 0 Å². The Hall–Kier alpha value is -3.35. The smallest absolute Gasteiger partial charge is 0.408 e. The van der Waals surface area contributed by atoms with Gasteiger partial charge < -0.3 is 20.5 Å². The maximum atomic E-state index is 13.1. The number of ether oxygens (including phenoxy) is 1. The Balaban J connectivity index is 1.40. The van der Waals surface area contributed by atoms with E-state index < -0.39 is 29.0 Å². The predicted octanol–water partition coefficient (Wildman–Crippen LogP) is 4.60. The lowest BCUT2D eigenvalue weighted by Crippen LogP contribution is -2.61. The van der Waals surface area contributed by atoms with Gasteiger partial charge in [0.2, 0.25) is 5.91 Å². The lowest BCUT2D eigenvalue weighted by atomic mass is 9.78. The van der Waals surface area contributed by atoms with Crippen molar-refractivity contribution in [2.75, 3.05) is 6.61 Å². The van der Waals surface area contributed by atoms with Crippen molar-refractivity contribution in [3.8, 4) is 11.1 Å². The molecule has 0 spiro atoms. The number of benzene rings is 2. The van der Waals surface area contributed by atoms with E-state index in [4.69, 9.17) is 4.74 Å². The van der Waals surface area contributed by atoms with Gasteiger partial charge in [0, 0.05) is 5.92 Å². The van der Waals surface area contributed by atoms with Gasteiger partial charge in [-0.15, -0.1) is 0 Å². The summed E-state index contributed by atoms with van der Waals surface area (Å²) >= 11 is 0. The van der Waals surface area contributed by atoms with Crippen LogP contribution >= 0.6 is 0 Å². The van der Waals surface area contributed by atoms with Gasteiger partial charge in [-0.1, -0.05) is 67.8 Å². The summed E-state index contributed by atoms with van der Waals surface area (Å²) in [7, 11) is 0. The van der Waals surface area contributed by atoms with Crippen LogP contribution < -0.4 is 10.6 Å². The first kappa shape index (κ1) is 23.8. The first-order valence-corrected chi connectivity index (χ1v) is 11.9. The average molecular weight is 465 g/mol. The van der Waals surface area contributed by atoms with Gasteiger partial charge >= 0.3 is 12.1 Å². The van der Waals surface area contributed by atoms with Gasteiger partial charge in [-0.25, -0.2) is 4.79 Å². The first-order valence-electron chi connectivity index (χ1n) is 11.9. The van der Waals surface area contributed by atoms with Crippen molar-refractivity contribution in [2.24, 2.45) is 0 Å². The highest BCUT2D eigenvalue weighted by atomic mass is 16.5. The molecule has 0 aromatic heterocycles. The number of aliphatic carboxylic acids is 1. The Morgan fingerprint density at radius 3 is 2.09 bits per heavy atom. The molecule has 2 aromatic rings. The second-order valence-corrected chi connectivity index (χ2v) is 9.94. The third-order valence-electron chi connectivity index (χ3n) is 7.00. The van der Waals surface area contributed by atoms with E-state index in [0.29, 0.717) is 12.8 Å². The van der Waals surface area contributed by atoms with E-state index in [2.05, 4.69) is 22.8 Å². The van der Waals surface area contributed by atoms with Crippen molar-refractivity contribution in [1.29, 1.82) is 0 Å². The third kappa shape index (κ3) is 4.93. The molecule has 0 saturated heterocycles. The van der Waals surface area contributed by atoms with Crippen LogP contribution in [0.15, 0.2) is 48.5 Å². The second kappa shape index (κ2) is 9.49. The number of hydrogen-bond donors (Lipinski definition) is 3. The summed E-state index contributed by atoms with van der Waals surface area (Å²) < 4.78 is 5.58. The maximum Gasteiger partial charge on any atom is 0.408 e. The van der Waals surface area contributed by atoms with Crippen molar-refractivity contribution < 1.29 is 24.2 Å². The van der Waals surface area contributed by atoms with E-state index in [0.717, 1.165) is 41.5 Å². The summed E-state index contributed by atoms with van der Waals surface area (Å²) in [6, 6.07) is 16.2. The molecule has 2 amide bonds. The summed E-state index contributed by atoms with van der Waals surface area (Å²) in [5, 5.41) is 15.0. The van der Waals surface area contributed by atoms with Gasteiger partial charge in [0.05, 0.1) is 12.0 Å². The van der Waals surface area contributed by atoms with Gasteiger partial charge in [-0.3, -0.25) is 9.59 Å². The zero-order valence-corrected chi connectivity index (χ0v) is 19.7. The molecule has 0 aliphatic heterocycles. The molecule has 180 valence electrons. The van der Waals surface area contributed by atoms with Crippen molar-refractivity contribution in [3.63, 3.8) is 0 Å². The van der Waals surface area contributed by atoms with Crippen LogP contribution in [0.5, 0.6) is 0 Å². The van der Waals surface area contributed by atoms with Crippen LogP contribution in [0.2, 0.25) is 0 Å². The molecule has 7 heteroatoms. The fourth-order valence-electron chi connectivity index (χ4n) is 5.21. The van der Waals surface area contributed by atoms with E-state index in [1.54, 1.807) is 13.8 Å². The SMILES string of the molecule is CC(C)(NC(=O)OCC1c2ccccc2-c2ccccc21)C(=O)NC1(CC(=O)O)CCCCC1. The van der Waals surface area contributed by atoms with E-state index in [9.17, 15) is 19.5 Å². The largest absolute Gasteiger partial charge is 0.481 e. The number of carbonyl (C=O) groups excluding carboxylic acids is 2. The molecule has 0 atom stereocenters. The molecule has 0 bridgehead atoms. The summed E-state index contributed by atoms with van der Waals surface area (Å²) in [4.78, 5) is 37.2. The molecule has 0 heterocycles. The normalized spacial score (nSPS) is 16.8. The Morgan fingerprint density at radius 1 is 0.971 bits per heavy atom. The van der Waals surface area contributed by atoms with Crippen LogP contribution in [-0.4, -0.2) is 40.8 Å². The molecule has 1 saturated carbocycles. The van der Waals surface area contributed by atoms with Crippen LogP contribution in [0.25, 0.3) is 11.1 Å². The van der Waals surface area contributed by atoms with Crippen LogP contribution in [0, 0.1) is 0 Å². The second-order valence-electron chi connectivity index (χ2n) is 9.94. The number of amides is 2. The summed E-state index contributed by atoms with van der Waals surface area (Å²) in [5.41, 5.74) is 2.47. The molecule has 0 unspecified atom stereocenters. The molecule has 1 fully saturated rings. The number of carboxylic acids is 1. The quantitative estimate of drug-likeness (QED) is 0.556. The van der Waals surface area contributed by atoms with Crippen LogP contribution in [0.1, 0.15) is 69.4 Å². The third-order valence-corrected chi connectivity index (χ3v) is 7.00. The lowest BCUT2D eigenvalue weighted by molar-refractivity contribution is -0.140. The Kier molecular flexibility index (Phi) is 6.64. The average Bonchev–Trinajstić information content (AvgIpc) is 3.11. The maximum absolute atomic E-state index is 13.1. The van der Waals surface area contributed by atoms with E-state index in [1.165, 1.54) is 0 Å². The molecule has 7 nitrogen and oxygen atoms in total. The van der Waals surface area contributed by atoms with Crippen LogP contribution in [0.4, 0.5) is 4.79 Å². The number of alkyl carbamates (subject to hydrolysis) is 1. The monoisotopic (exact) mass is 464 g/mol. The predicted molar refractivity (Wildman–Crippen MR) is 128 cm³/mol. The summed E-state index contributed by atoms with van der Waals surface area (Å²) in [6.07, 6.45) is 3.19. The van der Waals surface area contributed by atoms with Crippen molar-refractivity contribution >= 4 is 18.0 Å². The molecule has 4 rings (SSSR count). The molecular formula is C27H32N2O5. The van der Waals surface area contributed by atoms with E-state index in [1.807, 2.05) is 36.4 Å². The Bertz CT molecular complexity index is 1040. The number of carbonyl (C=O) groups is 3. The zero-order valence-electron chi connectivity index (χ0n) is 19.7. The molecule has 2 aliphatic rings. The Labute approximate surface area is 199 Å². The highest BCUT2D eigenvalue weighted by Crippen LogP contribution is 2.44. The fraction of sp³-hybridized carbons (Fsp3) is 0.444. The minimum Gasteiger partial charge on any atom is -0.481 e. The van der Waals surface area contributed by atoms with Gasteiger partial charge in [0.25, 0.3) is 0 Å². The van der Waals surface area contributed by atoms with Gasteiger partial charge in [0.1, 0.15) is 12.1 Å². The lowest BCUT2D eigenvalue weighted by Gasteiger charge is -2.39. The van der Waals surface area contributed by atoms with Crippen molar-refractivity contribution in [3.05, 3.63) is 59.7 Å². The summed E-state index contributed by atoms with van der Waals surface area (Å²) in [5.74, 6) is -1.43. The topological polar surface area (TPSA) is 105 Å². The van der Waals surface area contributed by atoms with E-state index >= 15 is 0 Å². The molecule has 2 aliphatic carbocycles. The number of fused-ring (bicyclic) bond motifs is 3. The van der Waals surface area contributed by atoms with Crippen molar-refractivity contribution in [1.82, 2.24) is 10.6 Å². The van der Waals surface area contributed by atoms with Crippen LogP contribution in [0.3, 0.4) is 0 Å². The highest BCUT2D eigenvalue weighted by Gasteiger charge is 2.40. The molecule has 34 heavy (non-hydrogen) atoms. The summed E-state index contributed by atoms with van der Waals surface area (Å²) in [6.45, 7) is 3.35. The number of nitrogens with one attached hydrogen (secondary N) is 2. The number of carboxylic acid groups (broad SMARTS) is 1. The molecule has 3 N–H and O–H groups in total. The standard InChI is InChI=1S/C27H32N2O5/c1-26(2,24(32)28-27(16-23(30)31)14-8-3-9-15-27)29-25(33)34-17-22-20-12-6-4-10-18(20)19-11-5-7-13-21(19)22/h4-7,10-13,22H,3,8-9,14-17H2,1-2H3,(H,28,32)(H,29,33)(H,30,31). The van der Waals surface area contributed by atoms with Crippen molar-refractivity contribution in [2.45, 2.75) is 69.4 Å². The minimum atomic E-state index is -1.26. The van der Waals surface area contributed by atoms with E-state index in [-0.39, 0.29) is 18.9 Å². The first-order chi connectivity index (χ1) is 16.2.